The summed E-state index contributed by atoms with van der Waals surface area (Å²) in [6, 6.07) is -1.43. The maximum absolute atomic E-state index is 12.5. The summed E-state index contributed by atoms with van der Waals surface area (Å²) in [7, 11) is 3.05. The number of hydrogen-bond donors (Lipinski definition) is 0. The Kier molecular flexibility index (Phi) is 11.7. The Morgan fingerprint density at radius 1 is 0.800 bits per heavy atom. The Bertz CT molecular complexity index is 428. The van der Waals surface area contributed by atoms with E-state index in [0.29, 0.717) is 13.2 Å². The van der Waals surface area contributed by atoms with Crippen molar-refractivity contribution < 1.29 is 23.9 Å². The van der Waals surface area contributed by atoms with Crippen LogP contribution in [0.25, 0.3) is 0 Å². The highest BCUT2D eigenvalue weighted by Gasteiger charge is 2.31. The summed E-state index contributed by atoms with van der Waals surface area (Å²) in [5.74, 6) is -0.778. The van der Waals surface area contributed by atoms with Crippen LogP contribution in [0.1, 0.15) is 59.8 Å². The summed E-state index contributed by atoms with van der Waals surface area (Å²) < 4.78 is 10.3. The van der Waals surface area contributed by atoms with E-state index in [1.54, 1.807) is 13.8 Å². The predicted octanol–water partition coefficient (Wildman–Crippen LogP) is 2.82. The molecule has 0 bridgehead atoms. The molecule has 0 aliphatic rings. The zero-order valence-corrected chi connectivity index (χ0v) is 16.5. The topological polar surface area (TPSA) is 76.2 Å². The van der Waals surface area contributed by atoms with Gasteiger partial charge in [0.1, 0.15) is 12.1 Å². The smallest absolute Gasteiger partial charge is 0.410 e. The van der Waals surface area contributed by atoms with Gasteiger partial charge in [0, 0.05) is 14.1 Å². The number of hydrogen-bond acceptors (Lipinski definition) is 5. The average molecular weight is 358 g/mol. The third-order valence-corrected chi connectivity index (χ3v) is 4.21. The van der Waals surface area contributed by atoms with E-state index in [-0.39, 0.29) is 5.91 Å². The predicted molar refractivity (Wildman–Crippen MR) is 96.2 cm³/mol. The number of rotatable bonds is 11. The fraction of sp³-hybridized carbons (Fsp3) is 0.833. The minimum atomic E-state index is -0.727. The molecule has 0 heterocycles. The second-order valence-electron chi connectivity index (χ2n) is 6.25. The molecule has 0 aliphatic carbocycles. The van der Waals surface area contributed by atoms with Crippen LogP contribution < -0.4 is 0 Å². The molecule has 25 heavy (non-hydrogen) atoms. The van der Waals surface area contributed by atoms with E-state index in [1.165, 1.54) is 23.9 Å². The van der Waals surface area contributed by atoms with Gasteiger partial charge < -0.3 is 14.4 Å². The molecule has 2 amide bonds. The number of esters is 1. The van der Waals surface area contributed by atoms with Crippen LogP contribution in [0.4, 0.5) is 4.79 Å². The van der Waals surface area contributed by atoms with Crippen LogP contribution in [0, 0.1) is 0 Å². The Labute approximate surface area is 151 Å². The van der Waals surface area contributed by atoms with Crippen LogP contribution in [-0.4, -0.2) is 67.2 Å². The van der Waals surface area contributed by atoms with Gasteiger partial charge in [-0.2, -0.15) is 0 Å². The third kappa shape index (κ3) is 8.23. The van der Waals surface area contributed by atoms with Crippen LogP contribution in [0.3, 0.4) is 0 Å². The molecular weight excluding hydrogens is 324 g/mol. The normalized spacial score (nSPS) is 12.9. The van der Waals surface area contributed by atoms with E-state index >= 15 is 0 Å². The van der Waals surface area contributed by atoms with Gasteiger partial charge in [-0.25, -0.2) is 9.59 Å². The summed E-state index contributed by atoms with van der Waals surface area (Å²) >= 11 is 0. The Balaban J connectivity index is 4.52. The van der Waals surface area contributed by atoms with Gasteiger partial charge in [-0.15, -0.1) is 0 Å². The molecule has 0 aromatic rings. The van der Waals surface area contributed by atoms with Crippen molar-refractivity contribution in [3.63, 3.8) is 0 Å². The first-order valence-corrected chi connectivity index (χ1v) is 9.10. The number of likely N-dealkylation sites (N-methyl/N-ethyl adjacent to an activating group) is 2. The first kappa shape index (κ1) is 23.2. The lowest BCUT2D eigenvalue weighted by Crippen LogP contribution is -2.51. The maximum Gasteiger partial charge on any atom is 0.410 e. The van der Waals surface area contributed by atoms with Crippen molar-refractivity contribution in [2.75, 3.05) is 27.3 Å². The summed E-state index contributed by atoms with van der Waals surface area (Å²) in [6.07, 6.45) is 4.02. The zero-order chi connectivity index (χ0) is 19.4. The number of carbonyl (C=O) groups is 3. The minimum Gasteiger partial charge on any atom is -0.464 e. The molecular formula is C18H34N2O5. The van der Waals surface area contributed by atoms with E-state index in [4.69, 9.17) is 9.47 Å². The molecule has 0 saturated heterocycles. The SMILES string of the molecule is CCCCCOC(=O)C(C)N(C)C(=O)C(C)N(C)C(=O)OCCCC. The standard InChI is InChI=1S/C18H34N2O5/c1-7-9-11-13-24-17(22)15(4)19(5)16(21)14(3)20(6)18(23)25-12-10-8-2/h14-15H,7-13H2,1-6H3. The third-order valence-electron chi connectivity index (χ3n) is 4.21. The Hall–Kier alpha value is -1.79. The summed E-state index contributed by atoms with van der Waals surface area (Å²) in [4.78, 5) is 39.0. The quantitative estimate of drug-likeness (QED) is 0.419. The maximum atomic E-state index is 12.5. The van der Waals surface area contributed by atoms with Crippen LogP contribution in [0.15, 0.2) is 0 Å². The van der Waals surface area contributed by atoms with E-state index < -0.39 is 24.1 Å². The number of amides is 2. The molecule has 0 aromatic carbocycles. The van der Waals surface area contributed by atoms with Crippen molar-refractivity contribution in [2.24, 2.45) is 0 Å². The van der Waals surface area contributed by atoms with Crippen molar-refractivity contribution in [2.45, 2.75) is 71.9 Å². The fourth-order valence-electron chi connectivity index (χ4n) is 2.02. The summed E-state index contributed by atoms with van der Waals surface area (Å²) in [5.41, 5.74) is 0. The molecule has 0 saturated carbocycles. The van der Waals surface area contributed by atoms with Gasteiger partial charge in [-0.3, -0.25) is 9.69 Å². The highest BCUT2D eigenvalue weighted by atomic mass is 16.6. The largest absolute Gasteiger partial charge is 0.464 e. The van der Waals surface area contributed by atoms with Crippen molar-refractivity contribution in [3.8, 4) is 0 Å². The first-order chi connectivity index (χ1) is 11.8. The number of carbonyl (C=O) groups excluding carboxylic acids is 3. The fourth-order valence-corrected chi connectivity index (χ4v) is 2.02. The second kappa shape index (κ2) is 12.6. The van der Waals surface area contributed by atoms with Crippen LogP contribution in [0.2, 0.25) is 0 Å². The van der Waals surface area contributed by atoms with E-state index in [9.17, 15) is 14.4 Å². The molecule has 0 fully saturated rings. The number of unbranched alkanes of at least 4 members (excludes halogenated alkanes) is 3. The zero-order valence-electron chi connectivity index (χ0n) is 16.5. The van der Waals surface area contributed by atoms with Crippen molar-refractivity contribution in [3.05, 3.63) is 0 Å². The molecule has 0 aliphatic heterocycles. The highest BCUT2D eigenvalue weighted by molar-refractivity contribution is 5.89. The lowest BCUT2D eigenvalue weighted by molar-refractivity contribution is -0.154. The molecule has 0 spiro atoms. The van der Waals surface area contributed by atoms with Crippen molar-refractivity contribution >= 4 is 18.0 Å². The molecule has 2 atom stereocenters. The van der Waals surface area contributed by atoms with Crippen molar-refractivity contribution in [1.82, 2.24) is 9.80 Å². The van der Waals surface area contributed by atoms with Gasteiger partial charge in [-0.1, -0.05) is 33.1 Å². The Morgan fingerprint density at radius 3 is 1.92 bits per heavy atom. The average Bonchev–Trinajstić information content (AvgIpc) is 2.61. The summed E-state index contributed by atoms with van der Waals surface area (Å²) in [5, 5.41) is 0. The van der Waals surface area contributed by atoms with E-state index in [2.05, 4.69) is 6.92 Å². The van der Waals surface area contributed by atoms with Crippen LogP contribution in [0.5, 0.6) is 0 Å². The van der Waals surface area contributed by atoms with Gasteiger partial charge in [-0.05, 0) is 26.7 Å². The molecule has 0 rings (SSSR count). The van der Waals surface area contributed by atoms with Crippen molar-refractivity contribution in [1.29, 1.82) is 0 Å². The van der Waals surface area contributed by atoms with Gasteiger partial charge in [0.25, 0.3) is 0 Å². The molecule has 0 N–H and O–H groups in total. The first-order valence-electron chi connectivity index (χ1n) is 9.10. The second-order valence-corrected chi connectivity index (χ2v) is 6.25. The molecule has 7 heteroatoms. The van der Waals surface area contributed by atoms with Gasteiger partial charge in [0.15, 0.2) is 0 Å². The number of ether oxygens (including phenoxy) is 2. The van der Waals surface area contributed by atoms with Gasteiger partial charge in [0.05, 0.1) is 13.2 Å². The number of nitrogens with zero attached hydrogens (tertiary/aromatic N) is 2. The van der Waals surface area contributed by atoms with E-state index in [0.717, 1.165) is 32.1 Å². The van der Waals surface area contributed by atoms with Gasteiger partial charge >= 0.3 is 12.1 Å². The molecule has 0 aromatic heterocycles. The highest BCUT2D eigenvalue weighted by Crippen LogP contribution is 2.08. The minimum absolute atomic E-state index is 0.330. The molecule has 0 radical (unpaired) electrons. The Morgan fingerprint density at radius 2 is 1.36 bits per heavy atom. The van der Waals surface area contributed by atoms with E-state index in [1.807, 2.05) is 6.92 Å². The molecule has 2 unspecified atom stereocenters. The lowest BCUT2D eigenvalue weighted by Gasteiger charge is -2.30. The summed E-state index contributed by atoms with van der Waals surface area (Å²) in [6.45, 7) is 7.99. The van der Waals surface area contributed by atoms with Gasteiger partial charge in [0.2, 0.25) is 5.91 Å². The molecule has 7 nitrogen and oxygen atoms in total. The lowest BCUT2D eigenvalue weighted by atomic mass is 10.2. The monoisotopic (exact) mass is 358 g/mol. The van der Waals surface area contributed by atoms with Crippen LogP contribution >= 0.6 is 0 Å². The van der Waals surface area contributed by atoms with Crippen LogP contribution in [-0.2, 0) is 19.1 Å². The molecule has 146 valence electrons.